The molecular weight excluding hydrogens is 539 g/mol. The molecule has 2 aromatic carbocycles. The van der Waals surface area contributed by atoms with Gasteiger partial charge in [0.15, 0.2) is 5.65 Å². The van der Waals surface area contributed by atoms with Gasteiger partial charge in [-0.15, -0.1) is 0 Å². The first-order chi connectivity index (χ1) is 16.1. The van der Waals surface area contributed by atoms with Crippen LogP contribution in [0.15, 0.2) is 70.2 Å². The molecule has 2 heterocycles. The summed E-state index contributed by atoms with van der Waals surface area (Å²) >= 11 is 3.38. The first kappa shape index (κ1) is 24.0. The molecule has 0 radical (unpaired) electrons. The van der Waals surface area contributed by atoms with Gasteiger partial charge in [-0.3, -0.25) is 0 Å². The minimum Gasteiger partial charge on any atom is -0.507 e. The fourth-order valence-electron chi connectivity index (χ4n) is 3.17. The number of phenols is 1. The summed E-state index contributed by atoms with van der Waals surface area (Å²) in [6.07, 6.45) is -3.00. The lowest BCUT2D eigenvalue weighted by molar-refractivity contribution is -0.137. The van der Waals surface area contributed by atoms with Crippen molar-refractivity contribution >= 4 is 37.4 Å². The maximum absolute atomic E-state index is 12.7. The summed E-state index contributed by atoms with van der Waals surface area (Å²) in [5.41, 5.74) is 0.526. The maximum Gasteiger partial charge on any atom is 0.416 e. The van der Waals surface area contributed by atoms with E-state index in [0.29, 0.717) is 27.2 Å². The third-order valence-electron chi connectivity index (χ3n) is 4.82. The number of sulfonamides is 1. The highest BCUT2D eigenvalue weighted by atomic mass is 79.9. The van der Waals surface area contributed by atoms with Crippen LogP contribution in [0.1, 0.15) is 5.56 Å². The second-order valence-corrected chi connectivity index (χ2v) is 9.74. The largest absolute Gasteiger partial charge is 0.507 e. The second-order valence-electron chi connectivity index (χ2n) is 7.12. The Morgan fingerprint density at radius 3 is 2.44 bits per heavy atom. The van der Waals surface area contributed by atoms with Crippen LogP contribution < -0.4 is 10.0 Å². The van der Waals surface area contributed by atoms with E-state index >= 15 is 0 Å². The molecule has 0 saturated heterocycles. The van der Waals surface area contributed by atoms with Crippen LogP contribution >= 0.6 is 15.9 Å². The van der Waals surface area contributed by atoms with Crippen molar-refractivity contribution in [3.8, 4) is 17.0 Å². The molecule has 0 unspecified atom stereocenters. The van der Waals surface area contributed by atoms with Crippen molar-refractivity contribution in [1.82, 2.24) is 19.3 Å². The Kier molecular flexibility index (Phi) is 6.51. The lowest BCUT2D eigenvalue weighted by Gasteiger charge is -2.12. The van der Waals surface area contributed by atoms with Crippen molar-refractivity contribution in [3.63, 3.8) is 0 Å². The Bertz CT molecular complexity index is 1440. The highest BCUT2D eigenvalue weighted by Gasteiger charge is 2.30. The molecule has 34 heavy (non-hydrogen) atoms. The number of phenolic OH excluding ortho intramolecular Hbond substituents is 1. The third kappa shape index (κ3) is 5.00. The smallest absolute Gasteiger partial charge is 0.416 e. The van der Waals surface area contributed by atoms with Crippen LogP contribution in [0.4, 0.5) is 19.0 Å². The number of para-hydroxylation sites is 1. The molecule has 0 amide bonds. The quantitative estimate of drug-likeness (QED) is 0.294. The molecule has 8 nitrogen and oxygen atoms in total. The number of hydrogen-bond donors (Lipinski definition) is 3. The summed E-state index contributed by atoms with van der Waals surface area (Å²) < 4.78 is 67.4. The van der Waals surface area contributed by atoms with Gasteiger partial charge in [-0.05, 0) is 52.3 Å². The number of anilines is 1. The van der Waals surface area contributed by atoms with E-state index in [0.717, 1.165) is 24.3 Å². The number of fused-ring (bicyclic) bond motifs is 1. The molecular formula is C21H17BrF3N5O3S. The SMILES string of the molecule is O=S(=O)(NCCNc1cc(-c2ccccc2O)nc2c(Br)cnn12)c1ccc(C(F)(F)F)cc1. The zero-order chi connectivity index (χ0) is 24.5. The van der Waals surface area contributed by atoms with E-state index in [1.54, 1.807) is 30.5 Å². The molecule has 0 fully saturated rings. The lowest BCUT2D eigenvalue weighted by Crippen LogP contribution is -2.29. The Morgan fingerprint density at radius 1 is 1.06 bits per heavy atom. The summed E-state index contributed by atoms with van der Waals surface area (Å²) in [6, 6.07) is 11.6. The van der Waals surface area contributed by atoms with Gasteiger partial charge in [-0.2, -0.15) is 22.8 Å². The molecule has 0 aliphatic heterocycles. The van der Waals surface area contributed by atoms with E-state index in [-0.39, 0.29) is 23.7 Å². The summed E-state index contributed by atoms with van der Waals surface area (Å²) in [4.78, 5) is 4.25. The Hall–Kier alpha value is -3.16. The first-order valence-electron chi connectivity index (χ1n) is 9.80. The van der Waals surface area contributed by atoms with Crippen molar-refractivity contribution in [2.75, 3.05) is 18.4 Å². The van der Waals surface area contributed by atoms with Crippen molar-refractivity contribution in [2.45, 2.75) is 11.1 Å². The molecule has 4 rings (SSSR count). The van der Waals surface area contributed by atoms with Crippen molar-refractivity contribution in [1.29, 1.82) is 0 Å². The van der Waals surface area contributed by atoms with Gasteiger partial charge < -0.3 is 10.4 Å². The van der Waals surface area contributed by atoms with E-state index < -0.39 is 21.8 Å². The third-order valence-corrected chi connectivity index (χ3v) is 6.86. The molecule has 3 N–H and O–H groups in total. The van der Waals surface area contributed by atoms with Crippen molar-refractivity contribution < 1.29 is 26.7 Å². The van der Waals surface area contributed by atoms with E-state index in [1.807, 2.05) is 0 Å². The van der Waals surface area contributed by atoms with Crippen molar-refractivity contribution in [2.24, 2.45) is 0 Å². The molecule has 13 heteroatoms. The first-order valence-corrected chi connectivity index (χ1v) is 12.1. The van der Waals surface area contributed by atoms with E-state index in [4.69, 9.17) is 0 Å². The fraction of sp³-hybridized carbons (Fsp3) is 0.143. The predicted molar refractivity (Wildman–Crippen MR) is 123 cm³/mol. The molecule has 0 aliphatic carbocycles. The van der Waals surface area contributed by atoms with Gasteiger partial charge in [0.05, 0.1) is 26.8 Å². The zero-order valence-electron chi connectivity index (χ0n) is 17.2. The van der Waals surface area contributed by atoms with E-state index in [1.165, 1.54) is 10.6 Å². The van der Waals surface area contributed by atoms with Gasteiger partial charge in [0.25, 0.3) is 0 Å². The Morgan fingerprint density at radius 2 is 1.76 bits per heavy atom. The Balaban J connectivity index is 1.49. The van der Waals surface area contributed by atoms with Crippen LogP contribution in [0, 0.1) is 0 Å². The highest BCUT2D eigenvalue weighted by molar-refractivity contribution is 9.10. The van der Waals surface area contributed by atoms with Crippen LogP contribution in [0.3, 0.4) is 0 Å². The standard InChI is InChI=1S/C21H17BrF3N5O3S/c22-16-12-27-30-19(11-17(29-20(16)30)15-3-1-2-4-18(15)31)26-9-10-28-34(32,33)14-7-5-13(6-8-14)21(23,24)25/h1-8,11-12,26,28,31H,9-10H2. The fourth-order valence-corrected chi connectivity index (χ4v) is 4.55. The topological polar surface area (TPSA) is 109 Å². The maximum atomic E-state index is 12.7. The monoisotopic (exact) mass is 555 g/mol. The Labute approximate surface area is 200 Å². The number of rotatable bonds is 7. The molecule has 2 aromatic heterocycles. The highest BCUT2D eigenvalue weighted by Crippen LogP contribution is 2.31. The molecule has 0 spiro atoms. The molecule has 0 aliphatic rings. The van der Waals surface area contributed by atoms with Crippen molar-refractivity contribution in [3.05, 3.63) is 70.8 Å². The molecule has 0 saturated carbocycles. The summed E-state index contributed by atoms with van der Waals surface area (Å²) in [6.45, 7) is 0.0815. The number of hydrogen-bond acceptors (Lipinski definition) is 6. The number of halogens is 4. The summed E-state index contributed by atoms with van der Waals surface area (Å²) in [7, 11) is -4.00. The van der Waals surface area contributed by atoms with Crippen LogP contribution in [-0.4, -0.2) is 41.2 Å². The molecule has 4 aromatic rings. The lowest BCUT2D eigenvalue weighted by atomic mass is 10.1. The summed E-state index contributed by atoms with van der Waals surface area (Å²) in [5.74, 6) is 0.535. The van der Waals surface area contributed by atoms with Crippen LogP contribution in [0.25, 0.3) is 16.9 Å². The molecule has 0 atom stereocenters. The van der Waals surface area contributed by atoms with Crippen LogP contribution in [0.5, 0.6) is 5.75 Å². The number of aromatic nitrogens is 3. The summed E-state index contributed by atoms with van der Waals surface area (Å²) in [5, 5.41) is 17.5. The predicted octanol–water partition coefficient (Wildman–Crippen LogP) is 4.27. The number of alkyl halides is 3. The average molecular weight is 556 g/mol. The average Bonchev–Trinajstić information content (AvgIpc) is 3.17. The van der Waals surface area contributed by atoms with E-state index in [9.17, 15) is 26.7 Å². The molecule has 0 bridgehead atoms. The molecule has 178 valence electrons. The van der Waals surface area contributed by atoms with Gasteiger partial charge in [0.2, 0.25) is 10.0 Å². The van der Waals surface area contributed by atoms with Crippen LogP contribution in [-0.2, 0) is 16.2 Å². The number of nitrogens with one attached hydrogen (secondary N) is 2. The zero-order valence-corrected chi connectivity index (χ0v) is 19.6. The van der Waals surface area contributed by atoms with Gasteiger partial charge in [0, 0.05) is 24.7 Å². The minimum absolute atomic E-state index is 0.0465. The van der Waals surface area contributed by atoms with Gasteiger partial charge in [0.1, 0.15) is 11.6 Å². The van der Waals surface area contributed by atoms with Crippen LogP contribution in [0.2, 0.25) is 0 Å². The van der Waals surface area contributed by atoms with Gasteiger partial charge in [-0.25, -0.2) is 18.1 Å². The number of nitrogens with zero attached hydrogens (tertiary/aromatic N) is 3. The van der Waals surface area contributed by atoms with Gasteiger partial charge >= 0.3 is 6.18 Å². The normalized spacial score (nSPS) is 12.2. The van der Waals surface area contributed by atoms with E-state index in [2.05, 4.69) is 36.1 Å². The number of aromatic hydroxyl groups is 1. The minimum atomic E-state index is -4.55. The van der Waals surface area contributed by atoms with Gasteiger partial charge in [-0.1, -0.05) is 12.1 Å². The number of benzene rings is 2. The second kappa shape index (κ2) is 9.24.